The van der Waals surface area contributed by atoms with Crippen molar-refractivity contribution in [3.8, 4) is 0 Å². The Morgan fingerprint density at radius 3 is 2.75 bits per heavy atom. The van der Waals surface area contributed by atoms with Crippen LogP contribution < -0.4 is 5.32 Å². The maximum absolute atomic E-state index is 4.35. The highest BCUT2D eigenvalue weighted by molar-refractivity contribution is 5.88. The predicted molar refractivity (Wildman–Crippen MR) is 65.4 cm³/mol. The van der Waals surface area contributed by atoms with E-state index in [1.165, 1.54) is 25.7 Å². The Hall–Kier alpha value is -1.64. The van der Waals surface area contributed by atoms with Crippen LogP contribution in [-0.4, -0.2) is 16.0 Å². The Morgan fingerprint density at radius 1 is 1.06 bits per heavy atom. The molecule has 82 valence electrons. The van der Waals surface area contributed by atoms with Gasteiger partial charge in [0, 0.05) is 11.4 Å². The molecule has 1 aliphatic rings. The van der Waals surface area contributed by atoms with E-state index in [1.54, 1.807) is 6.33 Å². The summed E-state index contributed by atoms with van der Waals surface area (Å²) in [6.45, 7) is 0. The first-order valence-corrected chi connectivity index (χ1v) is 5.90. The molecule has 1 saturated carbocycles. The number of anilines is 1. The van der Waals surface area contributed by atoms with Crippen LogP contribution in [0.3, 0.4) is 0 Å². The molecular weight excluding hydrogens is 198 g/mol. The molecule has 0 aliphatic heterocycles. The van der Waals surface area contributed by atoms with Gasteiger partial charge in [0.05, 0.1) is 5.52 Å². The second kappa shape index (κ2) is 4.08. The highest BCUT2D eigenvalue weighted by atomic mass is 15.0. The highest BCUT2D eigenvalue weighted by Crippen LogP contribution is 2.24. The zero-order valence-corrected chi connectivity index (χ0v) is 9.19. The molecule has 3 heteroatoms. The Labute approximate surface area is 94.9 Å². The van der Waals surface area contributed by atoms with Crippen molar-refractivity contribution in [2.45, 2.75) is 31.7 Å². The molecular formula is C13H15N3. The lowest BCUT2D eigenvalue weighted by Gasteiger charge is -2.13. The van der Waals surface area contributed by atoms with Crippen LogP contribution >= 0.6 is 0 Å². The monoisotopic (exact) mass is 213 g/mol. The minimum absolute atomic E-state index is 0.596. The lowest BCUT2D eigenvalue weighted by molar-refractivity contribution is 0.751. The minimum Gasteiger partial charge on any atom is -0.367 e. The Balaban J connectivity index is 1.96. The van der Waals surface area contributed by atoms with Crippen molar-refractivity contribution < 1.29 is 0 Å². The molecule has 3 rings (SSSR count). The maximum Gasteiger partial charge on any atom is 0.137 e. The smallest absolute Gasteiger partial charge is 0.137 e. The quantitative estimate of drug-likeness (QED) is 0.833. The van der Waals surface area contributed by atoms with Gasteiger partial charge in [-0.2, -0.15) is 0 Å². The van der Waals surface area contributed by atoms with Crippen LogP contribution in [0.1, 0.15) is 25.7 Å². The fraction of sp³-hybridized carbons (Fsp3) is 0.385. The third-order valence-corrected chi connectivity index (χ3v) is 3.24. The van der Waals surface area contributed by atoms with Crippen LogP contribution in [-0.2, 0) is 0 Å². The first kappa shape index (κ1) is 9.58. The van der Waals surface area contributed by atoms with Crippen LogP contribution in [0.5, 0.6) is 0 Å². The van der Waals surface area contributed by atoms with Crippen LogP contribution in [0.15, 0.2) is 30.6 Å². The zero-order valence-electron chi connectivity index (χ0n) is 9.19. The lowest BCUT2D eigenvalue weighted by Crippen LogP contribution is -2.15. The molecule has 0 unspecified atom stereocenters. The second-order valence-corrected chi connectivity index (χ2v) is 4.37. The lowest BCUT2D eigenvalue weighted by atomic mass is 10.2. The van der Waals surface area contributed by atoms with Gasteiger partial charge >= 0.3 is 0 Å². The van der Waals surface area contributed by atoms with E-state index >= 15 is 0 Å². The van der Waals surface area contributed by atoms with Crippen molar-refractivity contribution in [3.05, 3.63) is 30.6 Å². The van der Waals surface area contributed by atoms with Gasteiger partial charge in [-0.3, -0.25) is 0 Å². The number of fused-ring (bicyclic) bond motifs is 1. The molecule has 1 aromatic carbocycles. The first-order valence-electron chi connectivity index (χ1n) is 5.90. The molecule has 0 saturated heterocycles. The number of rotatable bonds is 2. The van der Waals surface area contributed by atoms with Gasteiger partial charge in [0.25, 0.3) is 0 Å². The van der Waals surface area contributed by atoms with Crippen molar-refractivity contribution in [2.75, 3.05) is 5.32 Å². The molecule has 1 N–H and O–H groups in total. The molecule has 0 spiro atoms. The number of benzene rings is 1. The van der Waals surface area contributed by atoms with E-state index in [-0.39, 0.29) is 0 Å². The van der Waals surface area contributed by atoms with Gasteiger partial charge in [-0.1, -0.05) is 25.0 Å². The van der Waals surface area contributed by atoms with E-state index in [4.69, 9.17) is 0 Å². The fourth-order valence-corrected chi connectivity index (χ4v) is 2.38. The fourth-order valence-electron chi connectivity index (χ4n) is 2.38. The molecule has 0 bridgehead atoms. The van der Waals surface area contributed by atoms with Crippen LogP contribution in [0.4, 0.5) is 5.82 Å². The van der Waals surface area contributed by atoms with E-state index in [1.807, 2.05) is 18.2 Å². The van der Waals surface area contributed by atoms with Crippen molar-refractivity contribution in [1.29, 1.82) is 0 Å². The van der Waals surface area contributed by atoms with E-state index in [9.17, 15) is 0 Å². The molecule has 1 aromatic heterocycles. The number of hydrogen-bond donors (Lipinski definition) is 1. The third kappa shape index (κ3) is 1.73. The Bertz CT molecular complexity index is 484. The second-order valence-electron chi connectivity index (χ2n) is 4.37. The van der Waals surface area contributed by atoms with Crippen LogP contribution in [0.25, 0.3) is 10.9 Å². The number of aromatic nitrogens is 2. The summed E-state index contributed by atoms with van der Waals surface area (Å²) in [7, 11) is 0. The molecule has 3 nitrogen and oxygen atoms in total. The van der Waals surface area contributed by atoms with Gasteiger partial charge in [0.1, 0.15) is 12.1 Å². The number of nitrogens with zero attached hydrogens (tertiary/aromatic N) is 2. The zero-order chi connectivity index (χ0) is 10.8. The topological polar surface area (TPSA) is 37.8 Å². The average molecular weight is 213 g/mol. The summed E-state index contributed by atoms with van der Waals surface area (Å²) in [4.78, 5) is 8.61. The van der Waals surface area contributed by atoms with Gasteiger partial charge < -0.3 is 5.32 Å². The maximum atomic E-state index is 4.35. The summed E-state index contributed by atoms with van der Waals surface area (Å²) in [6, 6.07) is 8.74. The van der Waals surface area contributed by atoms with Gasteiger partial charge in [0.2, 0.25) is 0 Å². The summed E-state index contributed by atoms with van der Waals surface area (Å²) in [5, 5.41) is 4.65. The highest BCUT2D eigenvalue weighted by Gasteiger charge is 2.15. The summed E-state index contributed by atoms with van der Waals surface area (Å²) < 4.78 is 0. The van der Waals surface area contributed by atoms with Crippen molar-refractivity contribution in [3.63, 3.8) is 0 Å². The van der Waals surface area contributed by atoms with E-state index in [0.717, 1.165) is 16.7 Å². The largest absolute Gasteiger partial charge is 0.367 e. The number of para-hydroxylation sites is 1. The molecule has 2 aromatic rings. The standard InChI is InChI=1S/C13H15N3/c1-2-6-10(5-1)16-13-11-7-3-4-8-12(11)14-9-15-13/h3-4,7-10H,1-2,5-6H2,(H,14,15,16). The Kier molecular flexibility index (Phi) is 2.44. The average Bonchev–Trinajstić information content (AvgIpc) is 2.82. The molecule has 0 amide bonds. The predicted octanol–water partition coefficient (Wildman–Crippen LogP) is 2.98. The normalized spacial score (nSPS) is 16.8. The molecule has 1 aliphatic carbocycles. The number of nitrogens with one attached hydrogen (secondary N) is 1. The number of hydrogen-bond acceptors (Lipinski definition) is 3. The molecule has 1 fully saturated rings. The Morgan fingerprint density at radius 2 is 1.88 bits per heavy atom. The molecule has 0 radical (unpaired) electrons. The van der Waals surface area contributed by atoms with Crippen molar-refractivity contribution >= 4 is 16.7 Å². The van der Waals surface area contributed by atoms with Gasteiger partial charge in [-0.25, -0.2) is 9.97 Å². The van der Waals surface area contributed by atoms with E-state index in [0.29, 0.717) is 6.04 Å². The first-order chi connectivity index (χ1) is 7.93. The van der Waals surface area contributed by atoms with Crippen LogP contribution in [0, 0.1) is 0 Å². The summed E-state index contributed by atoms with van der Waals surface area (Å²) in [6.07, 6.45) is 6.83. The summed E-state index contributed by atoms with van der Waals surface area (Å²) in [5.41, 5.74) is 1.01. The SMILES string of the molecule is c1ccc2c(NC3CCCC3)ncnc2c1. The van der Waals surface area contributed by atoms with E-state index in [2.05, 4.69) is 21.4 Å². The molecule has 1 heterocycles. The van der Waals surface area contributed by atoms with Crippen molar-refractivity contribution in [2.24, 2.45) is 0 Å². The van der Waals surface area contributed by atoms with Gasteiger partial charge in [0.15, 0.2) is 0 Å². The van der Waals surface area contributed by atoms with Gasteiger partial charge in [-0.05, 0) is 25.0 Å². The molecule has 0 atom stereocenters. The summed E-state index contributed by atoms with van der Waals surface area (Å²) in [5.74, 6) is 0.984. The van der Waals surface area contributed by atoms with Crippen molar-refractivity contribution in [1.82, 2.24) is 9.97 Å². The van der Waals surface area contributed by atoms with Gasteiger partial charge in [-0.15, -0.1) is 0 Å². The minimum atomic E-state index is 0.596. The summed E-state index contributed by atoms with van der Waals surface area (Å²) >= 11 is 0. The molecule has 16 heavy (non-hydrogen) atoms. The van der Waals surface area contributed by atoms with E-state index < -0.39 is 0 Å². The van der Waals surface area contributed by atoms with Crippen LogP contribution in [0.2, 0.25) is 0 Å². The third-order valence-electron chi connectivity index (χ3n) is 3.24.